The Labute approximate surface area is 163 Å². The van der Waals surface area contributed by atoms with E-state index < -0.39 is 5.97 Å². The molecular weight excluding hydrogens is 360 g/mol. The minimum atomic E-state index is -0.412. The fraction of sp³-hybridized carbons (Fsp3) is 0.286. The number of rotatable bonds is 8. The molecule has 0 unspecified atom stereocenters. The molecule has 0 aliphatic heterocycles. The van der Waals surface area contributed by atoms with Gasteiger partial charge < -0.3 is 18.7 Å². The fourth-order valence-electron chi connectivity index (χ4n) is 2.62. The Morgan fingerprint density at radius 3 is 2.32 bits per heavy atom. The first-order chi connectivity index (χ1) is 13.5. The second-order valence-electron chi connectivity index (χ2n) is 6.25. The van der Waals surface area contributed by atoms with Gasteiger partial charge in [0.25, 0.3) is 0 Å². The van der Waals surface area contributed by atoms with E-state index in [1.165, 1.54) is 0 Å². The van der Waals surface area contributed by atoms with Gasteiger partial charge in [-0.15, -0.1) is 0 Å². The van der Waals surface area contributed by atoms with Gasteiger partial charge in [-0.1, -0.05) is 23.4 Å². The van der Waals surface area contributed by atoms with Crippen LogP contribution in [0.5, 0.6) is 11.5 Å². The van der Waals surface area contributed by atoms with Crippen LogP contribution in [0.2, 0.25) is 0 Å². The molecule has 0 saturated carbocycles. The SMILES string of the molecule is Cc1nc(COc2ccc(C(=O)OCCOc3c(C)cccc3C)cc2)no1. The number of hydrogen-bond donors (Lipinski definition) is 0. The van der Waals surface area contributed by atoms with E-state index in [9.17, 15) is 4.79 Å². The summed E-state index contributed by atoms with van der Waals surface area (Å²) in [7, 11) is 0. The van der Waals surface area contributed by atoms with Crippen molar-refractivity contribution in [3.63, 3.8) is 0 Å². The van der Waals surface area contributed by atoms with Crippen molar-refractivity contribution in [2.24, 2.45) is 0 Å². The average Bonchev–Trinajstić information content (AvgIpc) is 3.11. The number of aryl methyl sites for hydroxylation is 3. The van der Waals surface area contributed by atoms with Crippen molar-refractivity contribution < 1.29 is 23.5 Å². The molecule has 0 fully saturated rings. The number of aromatic nitrogens is 2. The monoisotopic (exact) mass is 382 g/mol. The zero-order valence-electron chi connectivity index (χ0n) is 16.1. The minimum absolute atomic E-state index is 0.169. The van der Waals surface area contributed by atoms with Crippen LogP contribution in [-0.2, 0) is 11.3 Å². The average molecular weight is 382 g/mol. The van der Waals surface area contributed by atoms with Gasteiger partial charge in [0, 0.05) is 6.92 Å². The van der Waals surface area contributed by atoms with E-state index >= 15 is 0 Å². The van der Waals surface area contributed by atoms with Crippen LogP contribution in [0.25, 0.3) is 0 Å². The first-order valence-corrected chi connectivity index (χ1v) is 8.91. The molecule has 0 radical (unpaired) electrons. The summed E-state index contributed by atoms with van der Waals surface area (Å²) in [5.41, 5.74) is 2.55. The van der Waals surface area contributed by atoms with Crippen LogP contribution in [-0.4, -0.2) is 29.3 Å². The molecule has 3 aromatic rings. The van der Waals surface area contributed by atoms with Crippen molar-refractivity contribution in [1.82, 2.24) is 10.1 Å². The predicted molar refractivity (Wildman–Crippen MR) is 102 cm³/mol. The smallest absolute Gasteiger partial charge is 0.338 e. The summed E-state index contributed by atoms with van der Waals surface area (Å²) in [6.45, 7) is 6.33. The topological polar surface area (TPSA) is 83.7 Å². The molecule has 0 saturated heterocycles. The molecule has 0 amide bonds. The maximum Gasteiger partial charge on any atom is 0.338 e. The summed E-state index contributed by atoms with van der Waals surface area (Å²) in [6, 6.07) is 12.6. The summed E-state index contributed by atoms with van der Waals surface area (Å²) in [5.74, 6) is 1.96. The summed E-state index contributed by atoms with van der Waals surface area (Å²) in [4.78, 5) is 16.2. The molecule has 2 aromatic carbocycles. The third-order valence-electron chi connectivity index (χ3n) is 4.00. The van der Waals surface area contributed by atoms with Crippen molar-refractivity contribution in [2.75, 3.05) is 13.2 Å². The highest BCUT2D eigenvalue weighted by Gasteiger charge is 2.09. The van der Waals surface area contributed by atoms with Crippen molar-refractivity contribution >= 4 is 5.97 Å². The Balaban J connectivity index is 1.44. The van der Waals surface area contributed by atoms with Gasteiger partial charge in [-0.25, -0.2) is 4.79 Å². The number of nitrogens with zero attached hydrogens (tertiary/aromatic N) is 2. The van der Waals surface area contributed by atoms with Crippen LogP contribution in [0.3, 0.4) is 0 Å². The number of carbonyl (C=O) groups is 1. The van der Waals surface area contributed by atoms with Crippen molar-refractivity contribution in [3.8, 4) is 11.5 Å². The van der Waals surface area contributed by atoms with Crippen LogP contribution in [0.1, 0.15) is 33.2 Å². The third-order valence-corrected chi connectivity index (χ3v) is 4.00. The summed E-state index contributed by atoms with van der Waals surface area (Å²) < 4.78 is 21.4. The molecule has 0 atom stereocenters. The van der Waals surface area contributed by atoms with Gasteiger partial charge in [-0.05, 0) is 49.2 Å². The van der Waals surface area contributed by atoms with Crippen LogP contribution in [0.15, 0.2) is 47.0 Å². The number of hydrogen-bond acceptors (Lipinski definition) is 7. The highest BCUT2D eigenvalue weighted by atomic mass is 16.6. The number of carbonyl (C=O) groups excluding carboxylic acids is 1. The van der Waals surface area contributed by atoms with Gasteiger partial charge >= 0.3 is 5.97 Å². The lowest BCUT2D eigenvalue weighted by atomic mass is 10.1. The van der Waals surface area contributed by atoms with Gasteiger partial charge in [-0.3, -0.25) is 0 Å². The minimum Gasteiger partial charge on any atom is -0.489 e. The lowest BCUT2D eigenvalue weighted by Gasteiger charge is -2.12. The molecule has 7 nitrogen and oxygen atoms in total. The molecule has 146 valence electrons. The summed E-state index contributed by atoms with van der Waals surface area (Å²) in [5, 5.41) is 3.75. The molecular formula is C21H22N2O5. The fourth-order valence-corrected chi connectivity index (χ4v) is 2.62. The lowest BCUT2D eigenvalue weighted by Crippen LogP contribution is -2.13. The molecule has 0 aliphatic rings. The zero-order chi connectivity index (χ0) is 19.9. The van der Waals surface area contributed by atoms with E-state index in [1.807, 2.05) is 32.0 Å². The van der Waals surface area contributed by atoms with Crippen LogP contribution < -0.4 is 9.47 Å². The van der Waals surface area contributed by atoms with Crippen molar-refractivity contribution in [1.29, 1.82) is 0 Å². The molecule has 28 heavy (non-hydrogen) atoms. The van der Waals surface area contributed by atoms with E-state index in [0.29, 0.717) is 29.6 Å². The largest absolute Gasteiger partial charge is 0.489 e. The predicted octanol–water partition coefficient (Wildman–Crippen LogP) is 3.81. The highest BCUT2D eigenvalue weighted by Crippen LogP contribution is 2.22. The molecule has 0 bridgehead atoms. The normalized spacial score (nSPS) is 10.5. The van der Waals surface area contributed by atoms with Gasteiger partial charge in [-0.2, -0.15) is 4.98 Å². The number of para-hydroxylation sites is 1. The number of esters is 1. The summed E-state index contributed by atoms with van der Waals surface area (Å²) >= 11 is 0. The quantitative estimate of drug-likeness (QED) is 0.433. The van der Waals surface area contributed by atoms with E-state index in [-0.39, 0.29) is 13.2 Å². The maximum atomic E-state index is 12.1. The van der Waals surface area contributed by atoms with Crippen LogP contribution in [0, 0.1) is 20.8 Å². The molecule has 0 spiro atoms. The highest BCUT2D eigenvalue weighted by molar-refractivity contribution is 5.89. The molecule has 0 N–H and O–H groups in total. The Morgan fingerprint density at radius 1 is 0.964 bits per heavy atom. The van der Waals surface area contributed by atoms with E-state index in [1.54, 1.807) is 31.2 Å². The third kappa shape index (κ3) is 5.09. The van der Waals surface area contributed by atoms with Gasteiger partial charge in [0.2, 0.25) is 11.7 Å². The van der Waals surface area contributed by atoms with Crippen molar-refractivity contribution in [3.05, 3.63) is 70.9 Å². The molecule has 7 heteroatoms. The Morgan fingerprint density at radius 2 is 1.68 bits per heavy atom. The molecule has 1 heterocycles. The van der Waals surface area contributed by atoms with Gasteiger partial charge in [0.05, 0.1) is 5.56 Å². The Kier molecular flexibility index (Phi) is 6.26. The molecule has 0 aliphatic carbocycles. The standard InChI is InChI=1S/C21H22N2O5/c1-14-5-4-6-15(2)20(14)25-11-12-26-21(24)17-7-9-18(10-8-17)27-13-19-22-16(3)28-23-19/h4-10H,11-13H2,1-3H3. The number of benzene rings is 2. The molecule has 3 rings (SSSR count). The van der Waals surface area contributed by atoms with E-state index in [2.05, 4.69) is 10.1 Å². The van der Waals surface area contributed by atoms with Crippen molar-refractivity contribution in [2.45, 2.75) is 27.4 Å². The maximum absolute atomic E-state index is 12.1. The van der Waals surface area contributed by atoms with Crippen LogP contribution >= 0.6 is 0 Å². The number of ether oxygens (including phenoxy) is 3. The Bertz CT molecular complexity index is 914. The van der Waals surface area contributed by atoms with E-state index in [0.717, 1.165) is 16.9 Å². The van der Waals surface area contributed by atoms with Gasteiger partial charge in [0.1, 0.15) is 24.7 Å². The first kappa shape index (κ1) is 19.4. The summed E-state index contributed by atoms with van der Waals surface area (Å²) in [6.07, 6.45) is 0. The second kappa shape index (κ2) is 9.03. The molecule has 1 aromatic heterocycles. The first-order valence-electron chi connectivity index (χ1n) is 8.91. The zero-order valence-corrected chi connectivity index (χ0v) is 16.1. The second-order valence-corrected chi connectivity index (χ2v) is 6.25. The lowest BCUT2D eigenvalue weighted by molar-refractivity contribution is 0.0450. The van der Waals surface area contributed by atoms with Crippen LogP contribution in [0.4, 0.5) is 0 Å². The van der Waals surface area contributed by atoms with Gasteiger partial charge in [0.15, 0.2) is 6.61 Å². The van der Waals surface area contributed by atoms with E-state index in [4.69, 9.17) is 18.7 Å². The Hall–Kier alpha value is -3.35.